The Bertz CT molecular complexity index is 296. The zero-order chi connectivity index (χ0) is 8.43. The van der Waals surface area contributed by atoms with Crippen LogP contribution in [0, 0.1) is 12.3 Å². The molecule has 0 radical (unpaired) electrons. The average Bonchev–Trinajstić information content (AvgIpc) is 1.94. The first-order valence-corrected chi connectivity index (χ1v) is 3.87. The molecule has 4 heteroatoms. The van der Waals surface area contributed by atoms with Crippen LogP contribution in [0.1, 0.15) is 11.3 Å². The number of nitrogens with zero attached hydrogens (tertiary/aromatic N) is 1. The number of nitrogen functional groups attached to an aromatic ring is 1. The van der Waals surface area contributed by atoms with E-state index in [9.17, 15) is 0 Å². The molecule has 3 N–H and O–H groups in total. The molecule has 1 heterocycles. The first-order valence-electron chi connectivity index (χ1n) is 3.08. The van der Waals surface area contributed by atoms with Gasteiger partial charge in [0.1, 0.15) is 5.84 Å². The Hall–Kier alpha value is -0.900. The summed E-state index contributed by atoms with van der Waals surface area (Å²) < 4.78 is 0.880. The molecule has 1 aromatic rings. The predicted octanol–water partition coefficient (Wildman–Crippen LogP) is 1.44. The van der Waals surface area contributed by atoms with Gasteiger partial charge in [0, 0.05) is 16.2 Å². The Morgan fingerprint density at radius 1 is 1.73 bits per heavy atom. The number of hydrogen-bond donors (Lipinski definition) is 2. The first-order chi connectivity index (χ1) is 5.11. The third kappa shape index (κ3) is 1.77. The highest BCUT2D eigenvalue weighted by Crippen LogP contribution is 2.14. The second-order valence-corrected chi connectivity index (χ2v) is 3.06. The van der Waals surface area contributed by atoms with E-state index in [1.807, 2.05) is 6.92 Å². The Labute approximate surface area is 73.3 Å². The van der Waals surface area contributed by atoms with Crippen LogP contribution in [0.5, 0.6) is 0 Å². The summed E-state index contributed by atoms with van der Waals surface area (Å²) in [4.78, 5) is 4.03. The van der Waals surface area contributed by atoms with Crippen molar-refractivity contribution < 1.29 is 0 Å². The lowest BCUT2D eigenvalue weighted by Crippen LogP contribution is -2.11. The molecule has 0 fully saturated rings. The van der Waals surface area contributed by atoms with Gasteiger partial charge in [-0.15, -0.1) is 0 Å². The molecule has 0 aromatic carbocycles. The van der Waals surface area contributed by atoms with Crippen molar-refractivity contribution in [1.82, 2.24) is 4.98 Å². The minimum absolute atomic E-state index is 0.0400. The number of aromatic nitrogens is 1. The summed E-state index contributed by atoms with van der Waals surface area (Å²) in [6.07, 6.45) is 1.59. The van der Waals surface area contributed by atoms with Gasteiger partial charge in [0.25, 0.3) is 0 Å². The minimum Gasteiger partial charge on any atom is -0.384 e. The molecule has 1 rings (SSSR count). The molecule has 3 nitrogen and oxygen atoms in total. The average molecular weight is 214 g/mol. The summed E-state index contributed by atoms with van der Waals surface area (Å²) in [6.45, 7) is 1.88. The minimum atomic E-state index is 0.0400. The van der Waals surface area contributed by atoms with Crippen LogP contribution >= 0.6 is 15.9 Å². The van der Waals surface area contributed by atoms with Crippen LogP contribution in [-0.2, 0) is 0 Å². The molecule has 0 bridgehead atoms. The van der Waals surface area contributed by atoms with Crippen LogP contribution in [0.25, 0.3) is 0 Å². The summed E-state index contributed by atoms with van der Waals surface area (Å²) in [7, 11) is 0. The molecule has 0 aliphatic heterocycles. The molecule has 0 aliphatic rings. The highest BCUT2D eigenvalue weighted by atomic mass is 79.9. The number of nitrogens with two attached hydrogens (primary N) is 1. The van der Waals surface area contributed by atoms with E-state index in [-0.39, 0.29) is 5.84 Å². The van der Waals surface area contributed by atoms with E-state index in [1.165, 1.54) is 0 Å². The lowest BCUT2D eigenvalue weighted by atomic mass is 10.2. The molecule has 0 spiro atoms. The Balaban J connectivity index is 3.15. The Kier molecular flexibility index (Phi) is 2.24. The van der Waals surface area contributed by atoms with E-state index in [1.54, 1.807) is 12.3 Å². The molecule has 1 aromatic heterocycles. The molecule has 0 aliphatic carbocycles. The zero-order valence-electron chi connectivity index (χ0n) is 6.06. The first kappa shape index (κ1) is 8.20. The van der Waals surface area contributed by atoms with E-state index in [0.29, 0.717) is 5.56 Å². The van der Waals surface area contributed by atoms with Crippen molar-refractivity contribution in [1.29, 1.82) is 5.41 Å². The van der Waals surface area contributed by atoms with Gasteiger partial charge in [-0.2, -0.15) is 0 Å². The van der Waals surface area contributed by atoms with Gasteiger partial charge in [-0.3, -0.25) is 10.4 Å². The SMILES string of the molecule is Cc1ncc(C(=N)N)cc1Br. The summed E-state index contributed by atoms with van der Waals surface area (Å²) in [5.74, 6) is 0.0400. The largest absolute Gasteiger partial charge is 0.384 e. The number of amidine groups is 1. The van der Waals surface area contributed by atoms with Crippen molar-refractivity contribution in [3.63, 3.8) is 0 Å². The van der Waals surface area contributed by atoms with E-state index >= 15 is 0 Å². The van der Waals surface area contributed by atoms with E-state index < -0.39 is 0 Å². The molecule has 0 saturated carbocycles. The monoisotopic (exact) mass is 213 g/mol. The molecule has 58 valence electrons. The second kappa shape index (κ2) is 3.00. The third-order valence-electron chi connectivity index (χ3n) is 1.34. The highest BCUT2D eigenvalue weighted by Gasteiger charge is 1.99. The molecule has 0 unspecified atom stereocenters. The van der Waals surface area contributed by atoms with Crippen LogP contribution in [0.4, 0.5) is 0 Å². The maximum Gasteiger partial charge on any atom is 0.124 e. The van der Waals surface area contributed by atoms with Gasteiger partial charge in [-0.05, 0) is 28.9 Å². The summed E-state index contributed by atoms with van der Waals surface area (Å²) >= 11 is 3.30. The fraction of sp³-hybridized carbons (Fsp3) is 0.143. The Morgan fingerprint density at radius 2 is 2.36 bits per heavy atom. The van der Waals surface area contributed by atoms with Crippen molar-refractivity contribution in [3.05, 3.63) is 28.0 Å². The highest BCUT2D eigenvalue weighted by molar-refractivity contribution is 9.10. The smallest absolute Gasteiger partial charge is 0.124 e. The summed E-state index contributed by atoms with van der Waals surface area (Å²) in [5, 5.41) is 7.12. The summed E-state index contributed by atoms with van der Waals surface area (Å²) in [5.41, 5.74) is 6.79. The van der Waals surface area contributed by atoms with E-state index in [0.717, 1.165) is 10.2 Å². The predicted molar refractivity (Wildman–Crippen MR) is 47.7 cm³/mol. The second-order valence-electron chi connectivity index (χ2n) is 2.20. The third-order valence-corrected chi connectivity index (χ3v) is 2.14. The van der Waals surface area contributed by atoms with E-state index in [2.05, 4.69) is 20.9 Å². The maximum atomic E-state index is 7.12. The number of halogens is 1. The van der Waals surface area contributed by atoms with Crippen molar-refractivity contribution in [2.45, 2.75) is 6.92 Å². The van der Waals surface area contributed by atoms with Gasteiger partial charge >= 0.3 is 0 Å². The molecule has 0 saturated heterocycles. The molecule has 0 amide bonds. The van der Waals surface area contributed by atoms with Crippen molar-refractivity contribution >= 4 is 21.8 Å². The Morgan fingerprint density at radius 3 is 2.82 bits per heavy atom. The number of aryl methyl sites for hydroxylation is 1. The normalized spacial score (nSPS) is 9.64. The van der Waals surface area contributed by atoms with Crippen LogP contribution < -0.4 is 5.73 Å². The fourth-order valence-electron chi connectivity index (χ4n) is 0.654. The zero-order valence-corrected chi connectivity index (χ0v) is 7.64. The lowest BCUT2D eigenvalue weighted by molar-refractivity contribution is 1.17. The van der Waals surface area contributed by atoms with Gasteiger partial charge in [0.05, 0.1) is 5.69 Å². The lowest BCUT2D eigenvalue weighted by Gasteiger charge is -1.99. The molecular weight excluding hydrogens is 206 g/mol. The fourth-order valence-corrected chi connectivity index (χ4v) is 1.00. The van der Waals surface area contributed by atoms with Gasteiger partial charge in [0.15, 0.2) is 0 Å². The van der Waals surface area contributed by atoms with Gasteiger partial charge < -0.3 is 5.73 Å². The number of pyridine rings is 1. The number of hydrogen-bond acceptors (Lipinski definition) is 2. The number of rotatable bonds is 1. The quantitative estimate of drug-likeness (QED) is 0.548. The molecule has 11 heavy (non-hydrogen) atoms. The van der Waals surface area contributed by atoms with Crippen LogP contribution in [0.15, 0.2) is 16.7 Å². The van der Waals surface area contributed by atoms with Crippen molar-refractivity contribution in [2.24, 2.45) is 5.73 Å². The van der Waals surface area contributed by atoms with E-state index in [4.69, 9.17) is 11.1 Å². The van der Waals surface area contributed by atoms with Crippen LogP contribution in [0.2, 0.25) is 0 Å². The molecular formula is C7H8BrN3. The van der Waals surface area contributed by atoms with Crippen LogP contribution in [0.3, 0.4) is 0 Å². The van der Waals surface area contributed by atoms with Crippen LogP contribution in [-0.4, -0.2) is 10.8 Å². The van der Waals surface area contributed by atoms with Gasteiger partial charge in [0.2, 0.25) is 0 Å². The number of nitrogens with one attached hydrogen (secondary N) is 1. The van der Waals surface area contributed by atoms with Gasteiger partial charge in [-0.25, -0.2) is 0 Å². The standard InChI is InChI=1S/C7H8BrN3/c1-4-6(8)2-5(3-11-4)7(9)10/h2-3H,1H3,(H3,9,10). The van der Waals surface area contributed by atoms with Crippen molar-refractivity contribution in [3.8, 4) is 0 Å². The van der Waals surface area contributed by atoms with Crippen molar-refractivity contribution in [2.75, 3.05) is 0 Å². The maximum absolute atomic E-state index is 7.12. The molecule has 0 atom stereocenters. The summed E-state index contributed by atoms with van der Waals surface area (Å²) in [6, 6.07) is 1.78. The van der Waals surface area contributed by atoms with Gasteiger partial charge in [-0.1, -0.05) is 0 Å². The topological polar surface area (TPSA) is 62.8 Å².